The third kappa shape index (κ3) is 5.76. The van der Waals surface area contributed by atoms with Gasteiger partial charge in [-0.05, 0) is 36.5 Å². The average Bonchev–Trinajstić information content (AvgIpc) is 2.37. The second kappa shape index (κ2) is 8.16. The summed E-state index contributed by atoms with van der Waals surface area (Å²) in [6, 6.07) is 8.94. The highest BCUT2D eigenvalue weighted by Gasteiger charge is 1.99. The highest BCUT2D eigenvalue weighted by Crippen LogP contribution is 2.13. The second-order valence-corrected chi connectivity index (χ2v) is 5.05. The van der Waals surface area contributed by atoms with Crippen LogP contribution in [0, 0.1) is 5.92 Å². The van der Waals surface area contributed by atoms with Gasteiger partial charge in [-0.1, -0.05) is 52.2 Å². The molecule has 1 atom stereocenters. The first-order valence-electron chi connectivity index (χ1n) is 7.09. The van der Waals surface area contributed by atoms with Gasteiger partial charge in [0.1, 0.15) is 0 Å². The maximum absolute atomic E-state index is 3.49. The Morgan fingerprint density at radius 1 is 1.06 bits per heavy atom. The fraction of sp³-hybridized carbons (Fsp3) is 0.625. The molecule has 96 valence electrons. The van der Waals surface area contributed by atoms with Crippen molar-refractivity contribution < 1.29 is 0 Å². The Morgan fingerprint density at radius 2 is 1.76 bits per heavy atom. The minimum atomic E-state index is 0.749. The van der Waals surface area contributed by atoms with E-state index in [1.54, 1.807) is 0 Å². The van der Waals surface area contributed by atoms with E-state index in [4.69, 9.17) is 0 Å². The summed E-state index contributed by atoms with van der Waals surface area (Å²) in [6.07, 6.45) is 6.42. The van der Waals surface area contributed by atoms with Gasteiger partial charge in [-0.25, -0.2) is 0 Å². The quantitative estimate of drug-likeness (QED) is 0.631. The van der Waals surface area contributed by atoms with Gasteiger partial charge in [0.25, 0.3) is 0 Å². The largest absolute Gasteiger partial charge is 0.385 e. The van der Waals surface area contributed by atoms with Gasteiger partial charge in [0.05, 0.1) is 0 Å². The smallest absolute Gasteiger partial charge is 0.0340 e. The lowest BCUT2D eigenvalue weighted by Gasteiger charge is -2.11. The lowest BCUT2D eigenvalue weighted by molar-refractivity contribution is 0.593. The average molecular weight is 233 g/mol. The molecule has 17 heavy (non-hydrogen) atoms. The number of unbranched alkanes of at least 4 members (excludes halogenated alkanes) is 2. The van der Waals surface area contributed by atoms with Gasteiger partial charge in [-0.3, -0.25) is 0 Å². The van der Waals surface area contributed by atoms with Crippen LogP contribution in [-0.4, -0.2) is 6.54 Å². The third-order valence-corrected chi connectivity index (χ3v) is 3.37. The van der Waals surface area contributed by atoms with E-state index in [0.29, 0.717) is 0 Å². The summed E-state index contributed by atoms with van der Waals surface area (Å²) in [5.41, 5.74) is 2.72. The molecule has 1 nitrogen and oxygen atoms in total. The molecule has 0 saturated carbocycles. The number of aryl methyl sites for hydroxylation is 1. The minimum Gasteiger partial charge on any atom is -0.385 e. The highest BCUT2D eigenvalue weighted by molar-refractivity contribution is 5.44. The lowest BCUT2D eigenvalue weighted by atomic mass is 10.1. The first-order chi connectivity index (χ1) is 8.26. The summed E-state index contributed by atoms with van der Waals surface area (Å²) >= 11 is 0. The number of hydrogen-bond acceptors (Lipinski definition) is 1. The van der Waals surface area contributed by atoms with Crippen molar-refractivity contribution in [2.45, 2.75) is 52.9 Å². The van der Waals surface area contributed by atoms with Crippen molar-refractivity contribution in [1.29, 1.82) is 0 Å². The molecule has 0 bridgehead atoms. The minimum absolute atomic E-state index is 0.749. The molecule has 0 aliphatic carbocycles. The van der Waals surface area contributed by atoms with Crippen LogP contribution in [0.2, 0.25) is 0 Å². The van der Waals surface area contributed by atoms with Crippen LogP contribution in [0.25, 0.3) is 0 Å². The topological polar surface area (TPSA) is 12.0 Å². The van der Waals surface area contributed by atoms with Crippen molar-refractivity contribution in [1.82, 2.24) is 0 Å². The van der Waals surface area contributed by atoms with Crippen LogP contribution >= 0.6 is 0 Å². The zero-order valence-corrected chi connectivity index (χ0v) is 11.6. The summed E-state index contributed by atoms with van der Waals surface area (Å²) in [5, 5.41) is 3.49. The van der Waals surface area contributed by atoms with Crippen LogP contribution < -0.4 is 5.32 Å². The van der Waals surface area contributed by atoms with E-state index in [1.165, 1.54) is 43.4 Å². The number of hydrogen-bond donors (Lipinski definition) is 1. The third-order valence-electron chi connectivity index (χ3n) is 3.37. The molecule has 0 aliphatic rings. The van der Waals surface area contributed by atoms with E-state index < -0.39 is 0 Å². The molecule has 0 radical (unpaired) electrons. The second-order valence-electron chi connectivity index (χ2n) is 5.05. The lowest BCUT2D eigenvalue weighted by Crippen LogP contribution is -2.10. The summed E-state index contributed by atoms with van der Waals surface area (Å²) in [5.74, 6) is 0.749. The molecule has 0 aromatic heterocycles. The van der Waals surface area contributed by atoms with E-state index in [2.05, 4.69) is 50.4 Å². The Morgan fingerprint density at radius 3 is 2.35 bits per heavy atom. The fourth-order valence-electron chi connectivity index (χ4n) is 1.80. The molecule has 0 saturated heterocycles. The zero-order valence-electron chi connectivity index (χ0n) is 11.6. The van der Waals surface area contributed by atoms with Crippen LogP contribution in [0.1, 0.15) is 52.0 Å². The molecule has 0 aliphatic heterocycles. The maximum atomic E-state index is 3.49. The number of rotatable bonds is 8. The van der Waals surface area contributed by atoms with Crippen molar-refractivity contribution in [2.24, 2.45) is 5.92 Å². The van der Waals surface area contributed by atoms with Crippen LogP contribution in [0.5, 0.6) is 0 Å². The van der Waals surface area contributed by atoms with Crippen molar-refractivity contribution >= 4 is 5.69 Å². The van der Waals surface area contributed by atoms with E-state index >= 15 is 0 Å². The first-order valence-corrected chi connectivity index (χ1v) is 7.09. The molecule has 0 amide bonds. The maximum Gasteiger partial charge on any atom is 0.0340 e. The first kappa shape index (κ1) is 14.1. The van der Waals surface area contributed by atoms with Gasteiger partial charge in [0.15, 0.2) is 0 Å². The highest BCUT2D eigenvalue weighted by atomic mass is 14.9. The molecule has 1 aromatic carbocycles. The zero-order chi connectivity index (χ0) is 12.5. The molecule has 0 fully saturated rings. The molecule has 1 unspecified atom stereocenters. The Labute approximate surface area is 107 Å². The van der Waals surface area contributed by atoms with Gasteiger partial charge in [-0.2, -0.15) is 0 Å². The van der Waals surface area contributed by atoms with Gasteiger partial charge in [0, 0.05) is 12.2 Å². The Balaban J connectivity index is 2.34. The van der Waals surface area contributed by atoms with Crippen LogP contribution in [0.15, 0.2) is 24.3 Å². The van der Waals surface area contributed by atoms with Crippen molar-refractivity contribution in [2.75, 3.05) is 11.9 Å². The van der Waals surface area contributed by atoms with Crippen molar-refractivity contribution in [3.05, 3.63) is 29.8 Å². The number of anilines is 1. The van der Waals surface area contributed by atoms with Crippen LogP contribution in [-0.2, 0) is 6.42 Å². The normalized spacial score (nSPS) is 12.4. The summed E-state index contributed by atoms with van der Waals surface area (Å²) in [6.45, 7) is 7.85. The molecule has 0 spiro atoms. The molecule has 1 N–H and O–H groups in total. The summed E-state index contributed by atoms with van der Waals surface area (Å²) < 4.78 is 0. The van der Waals surface area contributed by atoms with E-state index in [0.717, 1.165) is 12.5 Å². The number of nitrogens with one attached hydrogen (secondary N) is 1. The molecule has 1 aromatic rings. The Bertz CT molecular complexity index is 289. The van der Waals surface area contributed by atoms with Crippen LogP contribution in [0.4, 0.5) is 5.69 Å². The SMILES string of the molecule is CCCCCc1ccc(NCC(C)CC)cc1. The summed E-state index contributed by atoms with van der Waals surface area (Å²) in [4.78, 5) is 0. The van der Waals surface area contributed by atoms with E-state index in [-0.39, 0.29) is 0 Å². The summed E-state index contributed by atoms with van der Waals surface area (Å²) in [7, 11) is 0. The van der Waals surface area contributed by atoms with E-state index in [9.17, 15) is 0 Å². The Hall–Kier alpha value is -0.980. The van der Waals surface area contributed by atoms with Gasteiger partial charge in [-0.15, -0.1) is 0 Å². The fourth-order valence-corrected chi connectivity index (χ4v) is 1.80. The predicted octanol–water partition coefficient (Wildman–Crippen LogP) is 4.88. The molecular weight excluding hydrogens is 206 g/mol. The van der Waals surface area contributed by atoms with Crippen molar-refractivity contribution in [3.63, 3.8) is 0 Å². The van der Waals surface area contributed by atoms with Crippen LogP contribution in [0.3, 0.4) is 0 Å². The van der Waals surface area contributed by atoms with E-state index in [1.807, 2.05) is 0 Å². The Kier molecular flexibility index (Phi) is 6.76. The molecule has 0 heterocycles. The van der Waals surface area contributed by atoms with Gasteiger partial charge >= 0.3 is 0 Å². The number of benzene rings is 1. The monoisotopic (exact) mass is 233 g/mol. The molecule has 1 heteroatoms. The van der Waals surface area contributed by atoms with Crippen molar-refractivity contribution in [3.8, 4) is 0 Å². The predicted molar refractivity (Wildman–Crippen MR) is 77.6 cm³/mol. The molecule has 1 rings (SSSR count). The van der Waals surface area contributed by atoms with Gasteiger partial charge < -0.3 is 5.32 Å². The molecular formula is C16H27N. The standard InChI is InChI=1S/C16H27N/c1-4-6-7-8-15-9-11-16(12-10-15)17-13-14(3)5-2/h9-12,14,17H,4-8,13H2,1-3H3. The van der Waals surface area contributed by atoms with Gasteiger partial charge in [0.2, 0.25) is 0 Å².